The Morgan fingerprint density at radius 1 is 1.21 bits per heavy atom. The van der Waals surface area contributed by atoms with Crippen LogP contribution in [0.4, 0.5) is 13.2 Å². The van der Waals surface area contributed by atoms with Crippen molar-refractivity contribution in [1.82, 2.24) is 0 Å². The van der Waals surface area contributed by atoms with Gasteiger partial charge in [-0.25, -0.2) is 8.42 Å². The number of sulfone groups is 1. The summed E-state index contributed by atoms with van der Waals surface area (Å²) in [5.41, 5.74) is 3.83. The maximum absolute atomic E-state index is 12.2. The van der Waals surface area contributed by atoms with Crippen molar-refractivity contribution in [2.24, 2.45) is 5.73 Å². The van der Waals surface area contributed by atoms with Gasteiger partial charge in [0.1, 0.15) is 0 Å². The van der Waals surface area contributed by atoms with E-state index in [9.17, 15) is 31.5 Å². The van der Waals surface area contributed by atoms with Gasteiger partial charge in [-0.1, -0.05) is 0 Å². The van der Waals surface area contributed by atoms with Crippen molar-refractivity contribution in [3.63, 3.8) is 0 Å². The summed E-state index contributed by atoms with van der Waals surface area (Å²) >= 11 is 0. The Morgan fingerprint density at radius 3 is 1.95 bits per heavy atom. The van der Waals surface area contributed by atoms with Crippen molar-refractivity contribution >= 4 is 15.8 Å². The van der Waals surface area contributed by atoms with E-state index in [-0.39, 0.29) is 29.6 Å². The molecule has 19 heavy (non-hydrogen) atoms. The number of hydrogen-bond acceptors (Lipinski definition) is 5. The molecule has 1 aromatic carbocycles. The molecule has 0 aliphatic carbocycles. The van der Waals surface area contributed by atoms with E-state index in [4.69, 9.17) is 5.73 Å². The maximum Gasteiger partial charge on any atom is 1.00 e. The van der Waals surface area contributed by atoms with Crippen LogP contribution >= 0.6 is 0 Å². The molecule has 0 saturated carbocycles. The molecule has 0 heterocycles. The van der Waals surface area contributed by atoms with Gasteiger partial charge in [0, 0.05) is 0 Å². The van der Waals surface area contributed by atoms with E-state index < -0.39 is 37.8 Å². The molecule has 0 amide bonds. The van der Waals surface area contributed by atoms with Crippen LogP contribution in [-0.4, -0.2) is 19.8 Å². The number of nitrogens with two attached hydrogens (primary N) is 1. The van der Waals surface area contributed by atoms with Gasteiger partial charge >= 0.3 is 35.7 Å². The van der Waals surface area contributed by atoms with Gasteiger partial charge in [0.15, 0.2) is 15.2 Å². The Hall–Kier alpha value is -0.610. The molecule has 0 aliphatic rings. The van der Waals surface area contributed by atoms with Gasteiger partial charge in [-0.15, -0.1) is 0 Å². The van der Waals surface area contributed by atoms with Crippen LogP contribution in [-0.2, 0) is 20.8 Å². The van der Waals surface area contributed by atoms with E-state index in [1.165, 1.54) is 0 Å². The van der Waals surface area contributed by atoms with Crippen molar-refractivity contribution in [2.75, 3.05) is 0 Å². The number of carbonyl (C=O) groups excluding carboxylic acids is 1. The first-order chi connectivity index (χ1) is 8.06. The van der Waals surface area contributed by atoms with Crippen molar-refractivity contribution in [3.8, 4) is 0 Å². The molecule has 10 heteroatoms. The fraction of sp³-hybridized carbons (Fsp3) is 0.222. The molecule has 0 bridgehead atoms. The number of aliphatic carboxylic acids is 1. The minimum Gasteiger partial charge on any atom is -0.547 e. The number of benzene rings is 1. The van der Waals surface area contributed by atoms with E-state index in [0.717, 1.165) is 0 Å². The molecule has 100 valence electrons. The fourth-order valence-corrected chi connectivity index (χ4v) is 2.17. The molecule has 0 aliphatic heterocycles. The topological polar surface area (TPSA) is 100 Å². The van der Waals surface area contributed by atoms with Crippen molar-refractivity contribution < 1.29 is 61.0 Å². The molecule has 1 aromatic rings. The Balaban J connectivity index is 0.00000324. The van der Waals surface area contributed by atoms with Crippen LogP contribution in [0.5, 0.6) is 0 Å². The van der Waals surface area contributed by atoms with Gasteiger partial charge in [0.05, 0.1) is 16.4 Å². The van der Waals surface area contributed by atoms with Gasteiger partial charge < -0.3 is 15.6 Å². The number of hydrogen-bond donors (Lipinski definition) is 1. The van der Waals surface area contributed by atoms with Crippen molar-refractivity contribution in [3.05, 3.63) is 29.8 Å². The second-order valence-electron chi connectivity index (χ2n) is 3.31. The van der Waals surface area contributed by atoms with Crippen molar-refractivity contribution in [2.45, 2.75) is 16.4 Å². The minimum absolute atomic E-state index is 0. The third-order valence-electron chi connectivity index (χ3n) is 2.08. The molecule has 0 radical (unpaired) electrons. The molecule has 1 unspecified atom stereocenters. The average molecular weight is 305 g/mol. The van der Waals surface area contributed by atoms with Crippen LogP contribution < -0.4 is 40.4 Å². The largest absolute Gasteiger partial charge is 1.00 e. The van der Waals surface area contributed by atoms with E-state index in [2.05, 4.69) is 0 Å². The van der Waals surface area contributed by atoms with Gasteiger partial charge in [-0.3, -0.25) is 0 Å². The Bertz CT molecular complexity index is 556. The molecule has 5 nitrogen and oxygen atoms in total. The molecule has 0 fully saturated rings. The van der Waals surface area contributed by atoms with Gasteiger partial charge in [-0.05, 0) is 24.3 Å². The summed E-state index contributed by atoms with van der Waals surface area (Å²) in [6.07, 6.45) is -4.61. The van der Waals surface area contributed by atoms with E-state index in [1.54, 1.807) is 0 Å². The van der Waals surface area contributed by atoms with Crippen LogP contribution in [0.25, 0.3) is 0 Å². The summed E-state index contributed by atoms with van der Waals surface area (Å²) in [5, 5.41) is 8.03. The minimum atomic E-state index is -4.61. The third-order valence-corrected chi connectivity index (χ3v) is 3.87. The van der Waals surface area contributed by atoms with E-state index in [1.807, 2.05) is 0 Å². The first-order valence-corrected chi connectivity index (χ1v) is 5.99. The standard InChI is InChI=1S/C9H8F3NO4S.Na/c10-9(11,12)5-1-3-6(4-2-5)18(16,17)7(13)8(14)15;/h1-4,7H,13H2,(H,14,15);/q;+1/p-1. The summed E-state index contributed by atoms with van der Waals surface area (Å²) in [6.45, 7) is 0. The summed E-state index contributed by atoms with van der Waals surface area (Å²) < 4.78 is 59.7. The van der Waals surface area contributed by atoms with Crippen LogP contribution in [0, 0.1) is 0 Å². The first-order valence-electron chi connectivity index (χ1n) is 4.44. The SMILES string of the molecule is NC(C(=O)[O-])S(=O)(=O)c1ccc(C(F)(F)F)cc1.[Na+]. The molecule has 1 atom stereocenters. The zero-order valence-corrected chi connectivity index (χ0v) is 12.5. The molecule has 0 aromatic heterocycles. The van der Waals surface area contributed by atoms with E-state index in [0.29, 0.717) is 24.3 Å². The van der Waals surface area contributed by atoms with Gasteiger partial charge in [0.25, 0.3) is 0 Å². The Morgan fingerprint density at radius 2 is 1.63 bits per heavy atom. The summed E-state index contributed by atoms with van der Waals surface area (Å²) in [7, 11) is -4.45. The van der Waals surface area contributed by atoms with Crippen LogP contribution in [0.3, 0.4) is 0 Å². The quantitative estimate of drug-likeness (QED) is 0.585. The number of carboxylic acid groups (broad SMARTS) is 1. The van der Waals surface area contributed by atoms with Gasteiger partial charge in [0.2, 0.25) is 0 Å². The molecule has 2 N–H and O–H groups in total. The molecular weight excluding hydrogens is 298 g/mol. The normalized spacial score (nSPS) is 13.5. The summed E-state index contributed by atoms with van der Waals surface area (Å²) in [5.74, 6) is -2.03. The second kappa shape index (κ2) is 6.23. The monoisotopic (exact) mass is 305 g/mol. The van der Waals surface area contributed by atoms with Crippen LogP contribution in [0.1, 0.15) is 5.56 Å². The first kappa shape index (κ1) is 18.4. The van der Waals surface area contributed by atoms with Gasteiger partial charge in [-0.2, -0.15) is 13.2 Å². The van der Waals surface area contributed by atoms with E-state index >= 15 is 0 Å². The fourth-order valence-electron chi connectivity index (χ4n) is 1.11. The molecule has 0 spiro atoms. The summed E-state index contributed by atoms with van der Waals surface area (Å²) in [6, 6.07) is 2.33. The zero-order valence-electron chi connectivity index (χ0n) is 9.64. The Kier molecular flexibility index (Phi) is 6.03. The van der Waals surface area contributed by atoms with Crippen molar-refractivity contribution in [1.29, 1.82) is 0 Å². The third kappa shape index (κ3) is 4.18. The number of carbonyl (C=O) groups is 1. The Labute approximate surface area is 128 Å². The number of halogens is 3. The smallest absolute Gasteiger partial charge is 0.547 e. The van der Waals surface area contributed by atoms with Crippen LogP contribution in [0.2, 0.25) is 0 Å². The predicted molar refractivity (Wildman–Crippen MR) is 51.6 cm³/mol. The van der Waals surface area contributed by atoms with Crippen LogP contribution in [0.15, 0.2) is 29.2 Å². The molecule has 0 saturated heterocycles. The second-order valence-corrected chi connectivity index (χ2v) is 5.38. The predicted octanol–water partition coefficient (Wildman–Crippen LogP) is -3.48. The zero-order chi connectivity index (χ0) is 14.1. The molecule has 1 rings (SSSR count). The maximum atomic E-state index is 12.2. The average Bonchev–Trinajstić information content (AvgIpc) is 2.26. The number of alkyl halides is 3. The molecular formula is C9H7F3NNaO4S. The summed E-state index contributed by atoms with van der Waals surface area (Å²) in [4.78, 5) is 9.73. The number of carboxylic acids is 1. The number of rotatable bonds is 3.